The second-order valence-electron chi connectivity index (χ2n) is 8.65. The lowest BCUT2D eigenvalue weighted by Crippen LogP contribution is -2.48. The molecule has 33 heavy (non-hydrogen) atoms. The first-order chi connectivity index (χ1) is 15.7. The van der Waals surface area contributed by atoms with Gasteiger partial charge in [0, 0.05) is 63.8 Å². The van der Waals surface area contributed by atoms with Crippen molar-refractivity contribution >= 4 is 27.5 Å². The Morgan fingerprint density at radius 2 is 1.82 bits per heavy atom. The smallest absolute Gasteiger partial charge is 0.253 e. The zero-order chi connectivity index (χ0) is 23.6. The maximum Gasteiger partial charge on any atom is 0.253 e. The summed E-state index contributed by atoms with van der Waals surface area (Å²) < 4.78 is 33.7. The van der Waals surface area contributed by atoms with E-state index in [4.69, 9.17) is 16.3 Å². The molecule has 2 saturated heterocycles. The second-order valence-corrected chi connectivity index (χ2v) is 11.0. The van der Waals surface area contributed by atoms with Crippen LogP contribution in [0.2, 0.25) is 5.02 Å². The number of sulfonamides is 1. The fraction of sp³-hybridized carbons (Fsp3) is 0.478. The Bertz CT molecular complexity index is 1080. The molecule has 178 valence electrons. The number of hydrogen-bond donors (Lipinski definition) is 0. The predicted molar refractivity (Wildman–Crippen MR) is 126 cm³/mol. The largest absolute Gasteiger partial charge is 0.373 e. The van der Waals surface area contributed by atoms with Crippen LogP contribution >= 0.6 is 11.6 Å². The van der Waals surface area contributed by atoms with Crippen molar-refractivity contribution in [2.24, 2.45) is 0 Å². The van der Waals surface area contributed by atoms with E-state index in [1.165, 1.54) is 16.4 Å². The normalized spacial score (nSPS) is 22.9. The van der Waals surface area contributed by atoms with Gasteiger partial charge in [0.1, 0.15) is 4.90 Å². The summed E-state index contributed by atoms with van der Waals surface area (Å²) in [5.41, 5.74) is 1.46. The molecule has 2 aliphatic rings. The van der Waals surface area contributed by atoms with E-state index >= 15 is 0 Å². The summed E-state index contributed by atoms with van der Waals surface area (Å²) in [4.78, 5) is 21.3. The molecule has 2 atom stereocenters. The number of morpholine rings is 1. The third-order valence-electron chi connectivity index (χ3n) is 5.97. The van der Waals surface area contributed by atoms with Crippen molar-refractivity contribution in [2.45, 2.75) is 37.5 Å². The molecule has 2 aromatic rings. The Labute approximate surface area is 200 Å². The van der Waals surface area contributed by atoms with Gasteiger partial charge in [-0.25, -0.2) is 8.42 Å². The first kappa shape index (κ1) is 24.1. The third kappa shape index (κ3) is 5.55. The fourth-order valence-electron chi connectivity index (χ4n) is 4.34. The van der Waals surface area contributed by atoms with E-state index in [0.717, 1.165) is 25.2 Å². The average Bonchev–Trinajstić information content (AvgIpc) is 2.79. The summed E-state index contributed by atoms with van der Waals surface area (Å²) in [7, 11) is -3.85. The first-order valence-corrected chi connectivity index (χ1v) is 12.9. The van der Waals surface area contributed by atoms with Gasteiger partial charge in [-0.15, -0.1) is 0 Å². The summed E-state index contributed by atoms with van der Waals surface area (Å²) in [6, 6.07) is 8.45. The van der Waals surface area contributed by atoms with Crippen molar-refractivity contribution in [1.82, 2.24) is 19.1 Å². The molecule has 1 aromatic heterocycles. The van der Waals surface area contributed by atoms with Gasteiger partial charge < -0.3 is 9.64 Å². The molecule has 1 aromatic carbocycles. The van der Waals surface area contributed by atoms with E-state index in [1.54, 1.807) is 17.2 Å². The Morgan fingerprint density at radius 1 is 1.12 bits per heavy atom. The molecule has 0 bridgehead atoms. The number of piperazine rings is 1. The van der Waals surface area contributed by atoms with Gasteiger partial charge in [0.15, 0.2) is 0 Å². The predicted octanol–water partition coefficient (Wildman–Crippen LogP) is 2.49. The van der Waals surface area contributed by atoms with Crippen LogP contribution in [-0.2, 0) is 21.3 Å². The van der Waals surface area contributed by atoms with E-state index in [-0.39, 0.29) is 41.1 Å². The van der Waals surface area contributed by atoms with Gasteiger partial charge in [0.05, 0.1) is 17.2 Å². The maximum atomic E-state index is 13.3. The van der Waals surface area contributed by atoms with E-state index in [1.807, 2.05) is 32.2 Å². The highest BCUT2D eigenvalue weighted by Crippen LogP contribution is 2.28. The topological polar surface area (TPSA) is 83.1 Å². The summed E-state index contributed by atoms with van der Waals surface area (Å²) >= 11 is 6.29. The van der Waals surface area contributed by atoms with Crippen LogP contribution in [0.1, 0.15) is 29.8 Å². The van der Waals surface area contributed by atoms with Crippen molar-refractivity contribution in [2.75, 3.05) is 39.3 Å². The minimum absolute atomic E-state index is 0.0356. The van der Waals surface area contributed by atoms with Crippen LogP contribution in [0.15, 0.2) is 47.6 Å². The lowest BCUT2D eigenvalue weighted by molar-refractivity contribution is -0.0440. The average molecular weight is 493 g/mol. The van der Waals surface area contributed by atoms with Gasteiger partial charge in [0.25, 0.3) is 5.91 Å². The molecular weight excluding hydrogens is 464 g/mol. The van der Waals surface area contributed by atoms with Crippen LogP contribution in [0.5, 0.6) is 0 Å². The van der Waals surface area contributed by atoms with Crippen molar-refractivity contribution in [3.8, 4) is 0 Å². The minimum Gasteiger partial charge on any atom is -0.373 e. The van der Waals surface area contributed by atoms with Crippen LogP contribution in [0.4, 0.5) is 0 Å². The number of amides is 1. The van der Waals surface area contributed by atoms with Crippen molar-refractivity contribution < 1.29 is 17.9 Å². The number of halogens is 1. The summed E-state index contributed by atoms with van der Waals surface area (Å²) in [6.45, 7) is 7.59. The number of aromatic nitrogens is 1. The summed E-state index contributed by atoms with van der Waals surface area (Å²) in [5, 5.41) is 0.111. The van der Waals surface area contributed by atoms with Gasteiger partial charge in [-0.05, 0) is 43.7 Å². The second kappa shape index (κ2) is 10.1. The maximum absolute atomic E-state index is 13.3. The van der Waals surface area contributed by atoms with Gasteiger partial charge in [-0.2, -0.15) is 4.31 Å². The molecule has 0 aliphatic carbocycles. The molecule has 2 fully saturated rings. The Kier molecular flexibility index (Phi) is 7.35. The van der Waals surface area contributed by atoms with Gasteiger partial charge >= 0.3 is 0 Å². The van der Waals surface area contributed by atoms with Crippen LogP contribution in [-0.4, -0.2) is 84.9 Å². The van der Waals surface area contributed by atoms with Crippen LogP contribution in [0.3, 0.4) is 0 Å². The number of carbonyl (C=O) groups is 1. The Morgan fingerprint density at radius 3 is 2.45 bits per heavy atom. The molecule has 2 unspecified atom stereocenters. The Balaban J connectivity index is 1.46. The Hall–Kier alpha value is -2.04. The van der Waals surface area contributed by atoms with Crippen LogP contribution in [0.25, 0.3) is 0 Å². The van der Waals surface area contributed by atoms with E-state index in [0.29, 0.717) is 18.7 Å². The standard InChI is InChI=1S/C23H29ClN4O4S/c1-17-14-28(15-18(2)32-17)33(30,31)22-12-20(5-6-21(22)24)23(29)27-10-8-26(9-11-27)16-19-4-3-7-25-13-19/h3-7,12-13,17-18H,8-11,14-16H2,1-2H3. The number of ether oxygens (including phenoxy) is 1. The van der Waals surface area contributed by atoms with E-state index < -0.39 is 10.0 Å². The fourth-order valence-corrected chi connectivity index (χ4v) is 6.43. The van der Waals surface area contributed by atoms with E-state index in [9.17, 15) is 13.2 Å². The van der Waals surface area contributed by atoms with Crippen LogP contribution in [0, 0.1) is 0 Å². The highest BCUT2D eigenvalue weighted by molar-refractivity contribution is 7.89. The molecule has 0 N–H and O–H groups in total. The molecule has 1 amide bonds. The lowest BCUT2D eigenvalue weighted by Gasteiger charge is -2.35. The molecule has 0 radical (unpaired) electrons. The van der Waals surface area contributed by atoms with Gasteiger partial charge in [0.2, 0.25) is 10.0 Å². The van der Waals surface area contributed by atoms with Gasteiger partial charge in [-0.3, -0.25) is 14.7 Å². The summed E-state index contributed by atoms with van der Waals surface area (Å²) in [5.74, 6) is -0.187. The molecule has 0 spiro atoms. The number of pyridine rings is 1. The SMILES string of the molecule is CC1CN(S(=O)(=O)c2cc(C(=O)N3CCN(Cc4cccnc4)CC3)ccc2Cl)CC(C)O1. The molecule has 2 aliphatic heterocycles. The summed E-state index contributed by atoms with van der Waals surface area (Å²) in [6.07, 6.45) is 3.18. The minimum atomic E-state index is -3.85. The number of carbonyl (C=O) groups excluding carboxylic acids is 1. The molecule has 8 nitrogen and oxygen atoms in total. The first-order valence-electron chi connectivity index (χ1n) is 11.1. The van der Waals surface area contributed by atoms with Gasteiger partial charge in [-0.1, -0.05) is 17.7 Å². The number of hydrogen-bond acceptors (Lipinski definition) is 6. The number of rotatable bonds is 5. The quantitative estimate of drug-likeness (QED) is 0.637. The lowest BCUT2D eigenvalue weighted by atomic mass is 10.1. The van der Waals surface area contributed by atoms with Crippen molar-refractivity contribution in [1.29, 1.82) is 0 Å². The molecule has 4 rings (SSSR count). The zero-order valence-electron chi connectivity index (χ0n) is 18.9. The van der Waals surface area contributed by atoms with Crippen LogP contribution < -0.4 is 0 Å². The number of benzene rings is 1. The monoisotopic (exact) mass is 492 g/mol. The third-order valence-corrected chi connectivity index (χ3v) is 8.28. The molecular formula is C23H29ClN4O4S. The molecule has 10 heteroatoms. The van der Waals surface area contributed by atoms with Crippen molar-refractivity contribution in [3.63, 3.8) is 0 Å². The number of nitrogens with zero attached hydrogens (tertiary/aromatic N) is 4. The zero-order valence-corrected chi connectivity index (χ0v) is 20.4. The molecule has 3 heterocycles. The molecule has 0 saturated carbocycles. The highest BCUT2D eigenvalue weighted by atomic mass is 35.5. The van der Waals surface area contributed by atoms with Crippen molar-refractivity contribution in [3.05, 3.63) is 58.9 Å². The highest BCUT2D eigenvalue weighted by Gasteiger charge is 2.34. The van der Waals surface area contributed by atoms with E-state index in [2.05, 4.69) is 9.88 Å².